The van der Waals surface area contributed by atoms with Crippen molar-refractivity contribution in [2.45, 2.75) is 44.2 Å². The van der Waals surface area contributed by atoms with Crippen LogP contribution < -0.4 is 5.32 Å². The first-order chi connectivity index (χ1) is 9.52. The molecule has 0 bridgehead atoms. The summed E-state index contributed by atoms with van der Waals surface area (Å²) in [5, 5.41) is 9.21. The lowest BCUT2D eigenvalue weighted by molar-refractivity contribution is 0.674. The van der Waals surface area contributed by atoms with E-state index in [9.17, 15) is 0 Å². The largest absolute Gasteiger partial charge is 0.313 e. The molecule has 0 aliphatic rings. The highest BCUT2D eigenvalue weighted by Crippen LogP contribution is 2.34. The molecule has 1 heterocycles. The van der Waals surface area contributed by atoms with Gasteiger partial charge in [-0.25, -0.2) is 0 Å². The first-order valence-corrected chi connectivity index (χ1v) is 7.82. The van der Waals surface area contributed by atoms with Crippen LogP contribution in [0.2, 0.25) is 0 Å². The van der Waals surface area contributed by atoms with Crippen molar-refractivity contribution in [3.05, 3.63) is 40.6 Å². The van der Waals surface area contributed by atoms with Gasteiger partial charge in [-0.2, -0.15) is 5.10 Å². The number of hydrogen-bond acceptors (Lipinski definition) is 3. The Hall–Kier alpha value is -1.26. The van der Waals surface area contributed by atoms with Crippen molar-refractivity contribution in [2.24, 2.45) is 7.05 Å². The molecule has 0 amide bonds. The average molecular weight is 289 g/mol. The van der Waals surface area contributed by atoms with Crippen LogP contribution in [-0.2, 0) is 13.6 Å². The molecule has 1 aromatic heterocycles. The minimum Gasteiger partial charge on any atom is -0.313 e. The van der Waals surface area contributed by atoms with Crippen LogP contribution in [-0.4, -0.2) is 16.3 Å². The molecule has 2 rings (SSSR count). The van der Waals surface area contributed by atoms with E-state index in [0.717, 1.165) is 18.8 Å². The Kier molecular flexibility index (Phi) is 4.89. The number of benzene rings is 1. The third-order valence-electron chi connectivity index (χ3n) is 3.39. The molecule has 0 fully saturated rings. The van der Waals surface area contributed by atoms with E-state index in [1.165, 1.54) is 26.6 Å². The van der Waals surface area contributed by atoms with Crippen molar-refractivity contribution in [3.63, 3.8) is 0 Å². The summed E-state index contributed by atoms with van der Waals surface area (Å²) in [6.07, 6.45) is 0. The topological polar surface area (TPSA) is 29.9 Å². The Labute approximate surface area is 125 Å². The van der Waals surface area contributed by atoms with Crippen molar-refractivity contribution >= 4 is 11.8 Å². The second-order valence-electron chi connectivity index (χ2n) is 5.14. The highest BCUT2D eigenvalue weighted by molar-refractivity contribution is 7.99. The van der Waals surface area contributed by atoms with E-state index in [0.29, 0.717) is 0 Å². The van der Waals surface area contributed by atoms with E-state index in [1.54, 1.807) is 0 Å². The fraction of sp³-hybridized carbons (Fsp3) is 0.438. The fourth-order valence-corrected chi connectivity index (χ4v) is 3.38. The standard InChI is InChI=1S/C16H23N3S/c1-6-17-10-14-13(4)18-19(5)16(14)20-15-9-11(2)7-8-12(15)3/h7-9,17H,6,10H2,1-5H3. The van der Waals surface area contributed by atoms with Gasteiger partial charge in [0.15, 0.2) is 0 Å². The van der Waals surface area contributed by atoms with Crippen LogP contribution in [0.4, 0.5) is 0 Å². The second-order valence-corrected chi connectivity index (χ2v) is 6.17. The number of nitrogens with zero attached hydrogens (tertiary/aromatic N) is 2. The first kappa shape index (κ1) is 15.1. The first-order valence-electron chi connectivity index (χ1n) is 7.01. The molecule has 0 radical (unpaired) electrons. The van der Waals surface area contributed by atoms with Crippen LogP contribution >= 0.6 is 11.8 Å². The van der Waals surface area contributed by atoms with Crippen LogP contribution in [0, 0.1) is 20.8 Å². The average Bonchev–Trinajstić information content (AvgIpc) is 2.66. The lowest BCUT2D eigenvalue weighted by atomic mass is 10.2. The second kappa shape index (κ2) is 6.46. The molecule has 0 atom stereocenters. The van der Waals surface area contributed by atoms with Gasteiger partial charge >= 0.3 is 0 Å². The zero-order chi connectivity index (χ0) is 14.7. The van der Waals surface area contributed by atoms with Gasteiger partial charge in [0.05, 0.1) is 5.69 Å². The molecule has 2 aromatic rings. The quantitative estimate of drug-likeness (QED) is 0.912. The van der Waals surface area contributed by atoms with E-state index in [1.807, 2.05) is 23.5 Å². The highest BCUT2D eigenvalue weighted by atomic mass is 32.2. The highest BCUT2D eigenvalue weighted by Gasteiger charge is 2.15. The van der Waals surface area contributed by atoms with Gasteiger partial charge in [-0.05, 0) is 44.5 Å². The predicted octanol–water partition coefficient (Wildman–Crippen LogP) is 3.61. The molecule has 0 saturated heterocycles. The Morgan fingerprint density at radius 3 is 2.70 bits per heavy atom. The van der Waals surface area contributed by atoms with E-state index in [4.69, 9.17) is 0 Å². The van der Waals surface area contributed by atoms with Gasteiger partial charge in [-0.3, -0.25) is 4.68 Å². The molecule has 0 aliphatic carbocycles. The Morgan fingerprint density at radius 1 is 1.25 bits per heavy atom. The number of nitrogens with one attached hydrogen (secondary N) is 1. The van der Waals surface area contributed by atoms with Gasteiger partial charge in [0.1, 0.15) is 5.03 Å². The van der Waals surface area contributed by atoms with Gasteiger partial charge in [-0.15, -0.1) is 0 Å². The summed E-state index contributed by atoms with van der Waals surface area (Å²) in [5.74, 6) is 0. The number of aromatic nitrogens is 2. The summed E-state index contributed by atoms with van der Waals surface area (Å²) in [5.41, 5.74) is 5.03. The molecule has 0 saturated carbocycles. The zero-order valence-electron chi connectivity index (χ0n) is 12.9. The van der Waals surface area contributed by atoms with Crippen LogP contribution in [0.3, 0.4) is 0 Å². The van der Waals surface area contributed by atoms with Crippen LogP contribution in [0.25, 0.3) is 0 Å². The van der Waals surface area contributed by atoms with Crippen molar-refractivity contribution in [3.8, 4) is 0 Å². The summed E-state index contributed by atoms with van der Waals surface area (Å²) in [4.78, 5) is 1.31. The van der Waals surface area contributed by atoms with Crippen LogP contribution in [0.15, 0.2) is 28.1 Å². The molecule has 20 heavy (non-hydrogen) atoms. The maximum atomic E-state index is 4.57. The summed E-state index contributed by atoms with van der Waals surface area (Å²) >= 11 is 1.81. The van der Waals surface area contributed by atoms with Crippen molar-refractivity contribution < 1.29 is 0 Å². The lowest BCUT2D eigenvalue weighted by Crippen LogP contribution is -2.12. The molecule has 108 valence electrons. The van der Waals surface area contributed by atoms with Gasteiger partial charge in [0.25, 0.3) is 0 Å². The Bertz CT molecular complexity index is 602. The zero-order valence-corrected chi connectivity index (χ0v) is 13.8. The number of hydrogen-bond donors (Lipinski definition) is 1. The molecule has 0 spiro atoms. The van der Waals surface area contributed by atoms with E-state index in [-0.39, 0.29) is 0 Å². The van der Waals surface area contributed by atoms with Gasteiger partial charge < -0.3 is 5.32 Å². The van der Waals surface area contributed by atoms with E-state index >= 15 is 0 Å². The van der Waals surface area contributed by atoms with Gasteiger partial charge in [0.2, 0.25) is 0 Å². The molecule has 3 nitrogen and oxygen atoms in total. The minimum absolute atomic E-state index is 0.878. The monoisotopic (exact) mass is 289 g/mol. The number of aryl methyl sites for hydroxylation is 4. The normalized spacial score (nSPS) is 11.1. The van der Waals surface area contributed by atoms with E-state index < -0.39 is 0 Å². The Balaban J connectivity index is 2.35. The maximum Gasteiger partial charge on any atom is 0.103 e. The number of rotatable bonds is 5. The molecular formula is C16H23N3S. The fourth-order valence-electron chi connectivity index (χ4n) is 2.18. The van der Waals surface area contributed by atoms with Gasteiger partial charge in [-0.1, -0.05) is 30.8 Å². The predicted molar refractivity (Wildman–Crippen MR) is 85.4 cm³/mol. The molecule has 1 aromatic carbocycles. The molecule has 1 N–H and O–H groups in total. The third kappa shape index (κ3) is 3.25. The summed E-state index contributed by atoms with van der Waals surface area (Å²) in [7, 11) is 2.02. The molecule has 4 heteroatoms. The summed E-state index contributed by atoms with van der Waals surface area (Å²) < 4.78 is 1.99. The third-order valence-corrected chi connectivity index (χ3v) is 4.75. The molecule has 0 aliphatic heterocycles. The smallest absolute Gasteiger partial charge is 0.103 e. The van der Waals surface area contributed by atoms with Crippen molar-refractivity contribution in [1.82, 2.24) is 15.1 Å². The van der Waals surface area contributed by atoms with Crippen LogP contribution in [0.1, 0.15) is 29.3 Å². The van der Waals surface area contributed by atoms with Crippen molar-refractivity contribution in [2.75, 3.05) is 6.54 Å². The molecular weight excluding hydrogens is 266 g/mol. The lowest BCUT2D eigenvalue weighted by Gasteiger charge is -2.10. The van der Waals surface area contributed by atoms with Crippen molar-refractivity contribution in [1.29, 1.82) is 0 Å². The van der Waals surface area contributed by atoms with E-state index in [2.05, 4.69) is 56.3 Å². The minimum atomic E-state index is 0.878. The summed E-state index contributed by atoms with van der Waals surface area (Å²) in [6, 6.07) is 6.59. The molecule has 0 unspecified atom stereocenters. The maximum absolute atomic E-state index is 4.57. The Morgan fingerprint density at radius 2 is 2.00 bits per heavy atom. The van der Waals surface area contributed by atoms with Gasteiger partial charge in [0, 0.05) is 24.1 Å². The van der Waals surface area contributed by atoms with Crippen LogP contribution in [0.5, 0.6) is 0 Å². The SMILES string of the molecule is CCNCc1c(C)nn(C)c1Sc1cc(C)ccc1C. The summed E-state index contributed by atoms with van der Waals surface area (Å²) in [6.45, 7) is 10.4.